The molecule has 1 aromatic rings. The molecule has 27 nitrogen and oxygen atoms in total. The number of hydrogen-bond donors (Lipinski definition) is 15. The van der Waals surface area contributed by atoms with Crippen LogP contribution < -0.4 is 65.1 Å². The van der Waals surface area contributed by atoms with Gasteiger partial charge in [-0.2, -0.15) is 0 Å². The average Bonchev–Trinajstić information content (AvgIpc) is 3.31. The van der Waals surface area contributed by atoms with Crippen LogP contribution in [0.25, 0.3) is 0 Å². The van der Waals surface area contributed by atoms with E-state index in [2.05, 4.69) is 54.8 Å². The number of carbonyl (C=O) groups excluding carboxylic acids is 12. The van der Waals surface area contributed by atoms with Crippen molar-refractivity contribution in [3.05, 3.63) is 29.8 Å². The van der Waals surface area contributed by atoms with E-state index in [9.17, 15) is 72.9 Å². The Kier molecular flexibility index (Phi) is 27.4. The highest BCUT2D eigenvalue weighted by atomic mass is 16.3. The third-order valence-electron chi connectivity index (χ3n) is 11.1. The molecule has 72 heavy (non-hydrogen) atoms. The van der Waals surface area contributed by atoms with Gasteiger partial charge in [0.25, 0.3) is 0 Å². The summed E-state index contributed by atoms with van der Waals surface area (Å²) in [7, 11) is 0. The van der Waals surface area contributed by atoms with Crippen LogP contribution in [0.1, 0.15) is 102 Å². The Bertz CT molecular complexity index is 2060. The van der Waals surface area contributed by atoms with Crippen molar-refractivity contribution in [1.82, 2.24) is 47.9 Å². The summed E-state index contributed by atoms with van der Waals surface area (Å²) in [6.45, 7) is -1.03. The van der Waals surface area contributed by atoms with Gasteiger partial charge in [0.2, 0.25) is 70.9 Å². The Labute approximate surface area is 415 Å². The predicted octanol–water partition coefficient (Wildman–Crippen LogP) is -5.50. The molecule has 400 valence electrons. The van der Waals surface area contributed by atoms with E-state index in [1.165, 1.54) is 37.1 Å². The number of benzene rings is 1. The van der Waals surface area contributed by atoms with Gasteiger partial charge in [0.05, 0.1) is 45.4 Å². The summed E-state index contributed by atoms with van der Waals surface area (Å²) < 4.78 is 0. The minimum absolute atomic E-state index is 0.0912. The predicted molar refractivity (Wildman–Crippen MR) is 253 cm³/mol. The number of carbonyl (C=O) groups is 12. The standard InChI is InChI=1S/C45H70N12O15/c1-2-3-4-5-6-7-8-9-10-11-16-49-39(66)31-21-37(64)52-32(23-58)44(71)53-27(17-25-12-14-26(60)15-13-25)41(68)54-28(18-34(46)61)40(67)50-22-38(65)51-29(19-35(47)62)42(69)57-33(24-59)45(72)55-30(20-36(48)63)43(70)56-31/h12-15,27-33,58-60H,2-11,16-24H2,1H3,(H2,46,61)(H2,47,62)(H2,48,63)(H,49,66)(H,50,67)(H,51,65)(H,52,64)(H,53,71)(H,54,68)(H,55,72)(H,56,70)(H,57,69)/t27-,28-,29+,30+,31-,32-,33+/m1/s1. The fraction of sp³-hybridized carbons (Fsp3) is 0.600. The number of rotatable bonds is 22. The van der Waals surface area contributed by atoms with Crippen molar-refractivity contribution < 1.29 is 72.9 Å². The lowest BCUT2D eigenvalue weighted by Crippen LogP contribution is -2.60. The zero-order valence-corrected chi connectivity index (χ0v) is 40.3. The normalized spacial score (nSPS) is 22.4. The number of aromatic hydroxyl groups is 1. The minimum Gasteiger partial charge on any atom is -0.508 e. The van der Waals surface area contributed by atoms with Crippen molar-refractivity contribution >= 4 is 70.9 Å². The Morgan fingerprint density at radius 1 is 0.528 bits per heavy atom. The van der Waals surface area contributed by atoms with E-state index in [1.807, 2.05) is 0 Å². The zero-order valence-electron chi connectivity index (χ0n) is 40.3. The summed E-state index contributed by atoms with van der Waals surface area (Å²) in [5, 5.41) is 50.3. The highest BCUT2D eigenvalue weighted by Gasteiger charge is 2.35. The van der Waals surface area contributed by atoms with Crippen molar-refractivity contribution in [2.24, 2.45) is 17.2 Å². The van der Waals surface area contributed by atoms with Gasteiger partial charge in [-0.05, 0) is 24.1 Å². The van der Waals surface area contributed by atoms with Crippen molar-refractivity contribution in [3.8, 4) is 5.75 Å². The van der Waals surface area contributed by atoms with Gasteiger partial charge in [-0.15, -0.1) is 0 Å². The molecule has 0 spiro atoms. The molecular formula is C45H70N12O15. The fourth-order valence-corrected chi connectivity index (χ4v) is 7.19. The maximum atomic E-state index is 13.9. The van der Waals surface area contributed by atoms with E-state index in [0.717, 1.165) is 44.9 Å². The highest BCUT2D eigenvalue weighted by molar-refractivity contribution is 6.00. The molecule has 0 aliphatic carbocycles. The number of aliphatic hydroxyl groups is 2. The molecule has 1 fully saturated rings. The van der Waals surface area contributed by atoms with Gasteiger partial charge >= 0.3 is 0 Å². The van der Waals surface area contributed by atoms with E-state index in [1.54, 1.807) is 0 Å². The van der Waals surface area contributed by atoms with Crippen molar-refractivity contribution in [3.63, 3.8) is 0 Å². The van der Waals surface area contributed by atoms with Crippen LogP contribution in [-0.2, 0) is 64.0 Å². The molecule has 0 aromatic heterocycles. The molecule has 1 heterocycles. The second kappa shape index (κ2) is 32.5. The van der Waals surface area contributed by atoms with Crippen molar-refractivity contribution in [1.29, 1.82) is 0 Å². The second-order valence-electron chi connectivity index (χ2n) is 17.2. The van der Waals surface area contributed by atoms with Crippen LogP contribution in [0.2, 0.25) is 0 Å². The molecule has 1 aromatic carbocycles. The number of primary amides is 3. The maximum absolute atomic E-state index is 13.9. The van der Waals surface area contributed by atoms with E-state index in [0.29, 0.717) is 12.0 Å². The molecule has 7 atom stereocenters. The number of nitrogens with one attached hydrogen (secondary N) is 9. The Balaban J connectivity index is 2.58. The minimum atomic E-state index is -1.95. The monoisotopic (exact) mass is 1020 g/mol. The van der Waals surface area contributed by atoms with Crippen LogP contribution in [0.5, 0.6) is 5.75 Å². The summed E-state index contributed by atoms with van der Waals surface area (Å²) in [5.74, 6) is -14.2. The van der Waals surface area contributed by atoms with E-state index >= 15 is 0 Å². The SMILES string of the molecule is CCCCCCCCCCCCNC(=O)[C@H]1CC(=O)N[C@H](CO)C(=O)N[C@H](Cc2ccc(O)cc2)C(=O)N[C@H](CC(N)=O)C(=O)NCC(=O)N[C@@H](CC(N)=O)C(=O)N[C@@H](CO)C(=O)N[C@@H](CC(N)=O)C(=O)N1. The molecule has 1 aliphatic heterocycles. The lowest BCUT2D eigenvalue weighted by molar-refractivity contribution is -0.137. The van der Waals surface area contributed by atoms with Crippen molar-refractivity contribution in [2.45, 2.75) is 146 Å². The topological polar surface area (TPSA) is 452 Å². The third kappa shape index (κ3) is 23.5. The van der Waals surface area contributed by atoms with Crippen molar-refractivity contribution in [2.75, 3.05) is 26.3 Å². The largest absolute Gasteiger partial charge is 0.508 e. The molecule has 18 N–H and O–H groups in total. The van der Waals surface area contributed by atoms with Crippen LogP contribution in [0.3, 0.4) is 0 Å². The van der Waals surface area contributed by atoms with Gasteiger partial charge in [0.1, 0.15) is 48.0 Å². The first-order valence-electron chi connectivity index (χ1n) is 23.7. The van der Waals surface area contributed by atoms with Crippen LogP contribution in [0.15, 0.2) is 24.3 Å². The Morgan fingerprint density at radius 3 is 1.44 bits per heavy atom. The molecule has 12 amide bonds. The fourth-order valence-electron chi connectivity index (χ4n) is 7.19. The van der Waals surface area contributed by atoms with E-state index < -0.39 is 159 Å². The summed E-state index contributed by atoms with van der Waals surface area (Å²) in [4.78, 5) is 158. The second-order valence-corrected chi connectivity index (χ2v) is 17.2. The maximum Gasteiger partial charge on any atom is 0.245 e. The number of phenols is 1. The molecule has 0 saturated carbocycles. The summed E-state index contributed by atoms with van der Waals surface area (Å²) in [5.41, 5.74) is 16.3. The van der Waals surface area contributed by atoms with E-state index in [4.69, 9.17) is 17.2 Å². The van der Waals surface area contributed by atoms with Crippen LogP contribution in [-0.4, -0.2) is 155 Å². The first-order chi connectivity index (χ1) is 34.2. The van der Waals surface area contributed by atoms with Gasteiger partial charge in [0, 0.05) is 13.0 Å². The van der Waals surface area contributed by atoms with Crippen LogP contribution >= 0.6 is 0 Å². The Morgan fingerprint density at radius 2 is 0.931 bits per heavy atom. The highest BCUT2D eigenvalue weighted by Crippen LogP contribution is 2.13. The third-order valence-corrected chi connectivity index (χ3v) is 11.1. The molecule has 27 heteroatoms. The number of hydrogen-bond acceptors (Lipinski definition) is 15. The lowest BCUT2D eigenvalue weighted by atomic mass is 10.0. The molecule has 2 rings (SSSR count). The molecule has 1 saturated heterocycles. The molecule has 0 bridgehead atoms. The lowest BCUT2D eigenvalue weighted by Gasteiger charge is -2.26. The zero-order chi connectivity index (χ0) is 53.8. The smallest absolute Gasteiger partial charge is 0.245 e. The Hall–Kier alpha value is -7.42. The van der Waals surface area contributed by atoms with Gasteiger partial charge in [0.15, 0.2) is 0 Å². The first kappa shape index (κ1) is 60.7. The number of unbranched alkanes of at least 4 members (excludes halogenated alkanes) is 9. The van der Waals surface area contributed by atoms with E-state index in [-0.39, 0.29) is 18.7 Å². The van der Waals surface area contributed by atoms with Crippen LogP contribution in [0, 0.1) is 0 Å². The summed E-state index contributed by atoms with van der Waals surface area (Å²) in [6, 6.07) is -7.58. The van der Waals surface area contributed by atoms with Gasteiger partial charge in [-0.25, -0.2) is 0 Å². The summed E-state index contributed by atoms with van der Waals surface area (Å²) in [6.07, 6.45) is 5.91. The number of nitrogens with two attached hydrogens (primary N) is 3. The quantitative estimate of drug-likeness (QED) is 0.0482. The number of amides is 12. The number of aliphatic hydroxyl groups excluding tert-OH is 2. The average molecular weight is 1020 g/mol. The number of phenolic OH excluding ortho intramolecular Hbond substituents is 1. The molecule has 1 aliphatic rings. The first-order valence-corrected chi connectivity index (χ1v) is 23.7. The van der Waals surface area contributed by atoms with Gasteiger partial charge in [-0.3, -0.25) is 57.5 Å². The summed E-state index contributed by atoms with van der Waals surface area (Å²) >= 11 is 0. The van der Waals surface area contributed by atoms with Crippen LogP contribution in [0.4, 0.5) is 0 Å². The van der Waals surface area contributed by atoms with Gasteiger partial charge in [-0.1, -0.05) is 76.8 Å². The molecule has 0 unspecified atom stereocenters. The molecular weight excluding hydrogens is 949 g/mol. The molecule has 0 radical (unpaired) electrons. The van der Waals surface area contributed by atoms with Gasteiger partial charge < -0.3 is 80.4 Å².